The summed E-state index contributed by atoms with van der Waals surface area (Å²) >= 11 is 0. The summed E-state index contributed by atoms with van der Waals surface area (Å²) in [6.07, 6.45) is 0. The van der Waals surface area contributed by atoms with Gasteiger partial charge in [0.25, 0.3) is 0 Å². The zero-order valence-electron chi connectivity index (χ0n) is 11.2. The lowest BCUT2D eigenvalue weighted by Gasteiger charge is -2.05. The topological polar surface area (TPSA) is 86.0 Å². The molecule has 102 valence electrons. The summed E-state index contributed by atoms with van der Waals surface area (Å²) in [4.78, 5) is 11.9. The number of nitrogens with two attached hydrogens (primary N) is 1. The number of nitrogens with one attached hydrogen (secondary N) is 1. The maximum atomic E-state index is 5.91. The second-order valence-electron chi connectivity index (χ2n) is 4.27. The van der Waals surface area contributed by atoms with Gasteiger partial charge in [0.1, 0.15) is 11.6 Å². The van der Waals surface area contributed by atoms with Crippen molar-refractivity contribution in [3.63, 3.8) is 0 Å². The zero-order chi connectivity index (χ0) is 14.1. The molecule has 0 fully saturated rings. The number of aromatic nitrogens is 3. The van der Waals surface area contributed by atoms with Crippen LogP contribution in [-0.2, 0) is 0 Å². The fourth-order valence-electron chi connectivity index (χ4n) is 2.01. The Balaban J connectivity index is 2.07. The van der Waals surface area contributed by atoms with E-state index in [-0.39, 0.29) is 0 Å². The molecular weight excluding hydrogens is 256 g/mol. The number of rotatable bonds is 3. The lowest BCUT2D eigenvalue weighted by Crippen LogP contribution is -1.93. The van der Waals surface area contributed by atoms with E-state index >= 15 is 0 Å². The summed E-state index contributed by atoms with van der Waals surface area (Å²) in [5.74, 6) is 1.88. The van der Waals surface area contributed by atoms with Crippen LogP contribution in [0.25, 0.3) is 22.6 Å². The molecule has 2 aromatic heterocycles. The molecule has 0 saturated heterocycles. The number of benzene rings is 1. The molecule has 3 aromatic rings. The molecule has 0 bridgehead atoms. The zero-order valence-corrected chi connectivity index (χ0v) is 11.2. The maximum absolute atomic E-state index is 5.91. The third-order valence-corrected chi connectivity index (χ3v) is 3.03. The third kappa shape index (κ3) is 2.01. The predicted octanol–water partition coefficient (Wildman–Crippen LogP) is 2.22. The predicted molar refractivity (Wildman–Crippen MR) is 76.8 cm³/mol. The van der Waals surface area contributed by atoms with Crippen LogP contribution in [0, 0.1) is 0 Å². The summed E-state index contributed by atoms with van der Waals surface area (Å²) in [7, 11) is 3.16. The van der Waals surface area contributed by atoms with Crippen LogP contribution in [0.5, 0.6) is 11.6 Å². The van der Waals surface area contributed by atoms with Gasteiger partial charge < -0.3 is 20.2 Å². The number of hydrogen-bond acceptors (Lipinski definition) is 5. The molecule has 0 saturated carbocycles. The number of pyridine rings is 1. The number of nitrogen functional groups attached to an aromatic ring is 1. The SMILES string of the molecule is COc1ccc2[nH]c(-c3ccc(OC)c(N)c3)nc2n1. The quantitative estimate of drug-likeness (QED) is 0.713. The van der Waals surface area contributed by atoms with E-state index in [0.717, 1.165) is 11.1 Å². The first-order valence-corrected chi connectivity index (χ1v) is 6.06. The van der Waals surface area contributed by atoms with E-state index in [1.54, 1.807) is 20.3 Å². The Kier molecular flexibility index (Phi) is 2.90. The molecule has 0 aliphatic carbocycles. The minimum Gasteiger partial charge on any atom is -0.495 e. The van der Waals surface area contributed by atoms with Gasteiger partial charge in [0.05, 0.1) is 25.4 Å². The molecule has 0 aliphatic rings. The van der Waals surface area contributed by atoms with Crippen LogP contribution in [0.1, 0.15) is 0 Å². The van der Waals surface area contributed by atoms with Crippen molar-refractivity contribution in [1.82, 2.24) is 15.0 Å². The van der Waals surface area contributed by atoms with Crippen molar-refractivity contribution in [3.05, 3.63) is 30.3 Å². The normalized spacial score (nSPS) is 10.7. The van der Waals surface area contributed by atoms with E-state index in [2.05, 4.69) is 15.0 Å². The van der Waals surface area contributed by atoms with Crippen LogP contribution in [0.3, 0.4) is 0 Å². The van der Waals surface area contributed by atoms with Crippen LogP contribution in [0.4, 0.5) is 5.69 Å². The van der Waals surface area contributed by atoms with Crippen molar-refractivity contribution in [2.75, 3.05) is 20.0 Å². The minimum absolute atomic E-state index is 0.532. The van der Waals surface area contributed by atoms with Gasteiger partial charge in [0, 0.05) is 11.6 Å². The van der Waals surface area contributed by atoms with Gasteiger partial charge in [0.2, 0.25) is 5.88 Å². The van der Waals surface area contributed by atoms with Crippen molar-refractivity contribution in [2.24, 2.45) is 0 Å². The standard InChI is InChI=1S/C14H14N4O2/c1-19-11-5-3-8(7-9(11)15)13-16-10-4-6-12(20-2)17-14(10)18-13/h3-7H,15H2,1-2H3,(H,16,17,18). The summed E-state index contributed by atoms with van der Waals surface area (Å²) in [6.45, 7) is 0. The van der Waals surface area contributed by atoms with Crippen LogP contribution < -0.4 is 15.2 Å². The number of aromatic amines is 1. The highest BCUT2D eigenvalue weighted by Crippen LogP contribution is 2.28. The molecule has 0 aliphatic heterocycles. The van der Waals surface area contributed by atoms with Crippen LogP contribution >= 0.6 is 0 Å². The van der Waals surface area contributed by atoms with Crippen molar-refractivity contribution >= 4 is 16.9 Å². The second kappa shape index (κ2) is 4.73. The Morgan fingerprint density at radius 2 is 1.90 bits per heavy atom. The van der Waals surface area contributed by atoms with Crippen molar-refractivity contribution < 1.29 is 9.47 Å². The highest BCUT2D eigenvalue weighted by atomic mass is 16.5. The molecule has 20 heavy (non-hydrogen) atoms. The van der Waals surface area contributed by atoms with E-state index < -0.39 is 0 Å². The van der Waals surface area contributed by atoms with Crippen LogP contribution in [0.15, 0.2) is 30.3 Å². The van der Waals surface area contributed by atoms with E-state index in [1.807, 2.05) is 24.3 Å². The van der Waals surface area contributed by atoms with E-state index in [0.29, 0.717) is 28.8 Å². The number of anilines is 1. The van der Waals surface area contributed by atoms with Crippen molar-refractivity contribution in [3.8, 4) is 23.0 Å². The number of imidazole rings is 1. The smallest absolute Gasteiger partial charge is 0.215 e. The molecule has 6 nitrogen and oxygen atoms in total. The Morgan fingerprint density at radius 1 is 1.05 bits per heavy atom. The molecule has 2 heterocycles. The van der Waals surface area contributed by atoms with Gasteiger partial charge in [-0.25, -0.2) is 4.98 Å². The summed E-state index contributed by atoms with van der Waals surface area (Å²) < 4.78 is 10.2. The van der Waals surface area contributed by atoms with Crippen molar-refractivity contribution in [2.45, 2.75) is 0 Å². The number of hydrogen-bond donors (Lipinski definition) is 2. The lowest BCUT2D eigenvalue weighted by atomic mass is 10.2. The van der Waals surface area contributed by atoms with Gasteiger partial charge in [-0.2, -0.15) is 4.98 Å². The average Bonchev–Trinajstić information content (AvgIpc) is 2.89. The molecule has 0 atom stereocenters. The Hall–Kier alpha value is -2.76. The number of H-pyrrole nitrogens is 1. The highest BCUT2D eigenvalue weighted by molar-refractivity contribution is 5.77. The Bertz CT molecular complexity index is 767. The average molecular weight is 270 g/mol. The second-order valence-corrected chi connectivity index (χ2v) is 4.27. The molecule has 0 amide bonds. The molecule has 0 spiro atoms. The molecule has 1 aromatic carbocycles. The third-order valence-electron chi connectivity index (χ3n) is 3.03. The molecule has 0 radical (unpaired) electrons. The number of ether oxygens (including phenoxy) is 2. The van der Waals surface area contributed by atoms with Gasteiger partial charge >= 0.3 is 0 Å². The number of nitrogens with zero attached hydrogens (tertiary/aromatic N) is 2. The summed E-state index contributed by atoms with van der Waals surface area (Å²) in [5, 5.41) is 0. The monoisotopic (exact) mass is 270 g/mol. The lowest BCUT2D eigenvalue weighted by molar-refractivity contribution is 0.399. The summed E-state index contributed by atoms with van der Waals surface area (Å²) in [5.41, 5.74) is 8.80. The first-order chi connectivity index (χ1) is 9.71. The molecular formula is C14H14N4O2. The van der Waals surface area contributed by atoms with Crippen molar-refractivity contribution in [1.29, 1.82) is 0 Å². The molecule has 0 unspecified atom stereocenters. The fraction of sp³-hybridized carbons (Fsp3) is 0.143. The van der Waals surface area contributed by atoms with Crippen LogP contribution in [0.2, 0.25) is 0 Å². The first kappa shape index (κ1) is 12.3. The van der Waals surface area contributed by atoms with Gasteiger partial charge in [0.15, 0.2) is 5.65 Å². The van der Waals surface area contributed by atoms with Crippen LogP contribution in [-0.4, -0.2) is 29.2 Å². The molecule has 3 N–H and O–H groups in total. The first-order valence-electron chi connectivity index (χ1n) is 6.06. The Labute approximate surface area is 115 Å². The molecule has 6 heteroatoms. The number of fused-ring (bicyclic) bond motifs is 1. The fourth-order valence-corrected chi connectivity index (χ4v) is 2.01. The van der Waals surface area contributed by atoms with Gasteiger partial charge in [-0.3, -0.25) is 0 Å². The van der Waals surface area contributed by atoms with Gasteiger partial charge in [-0.15, -0.1) is 0 Å². The van der Waals surface area contributed by atoms with Gasteiger partial charge in [-0.05, 0) is 24.3 Å². The summed E-state index contributed by atoms with van der Waals surface area (Å²) in [6, 6.07) is 9.18. The number of methoxy groups -OCH3 is 2. The van der Waals surface area contributed by atoms with Gasteiger partial charge in [-0.1, -0.05) is 0 Å². The minimum atomic E-state index is 0.532. The Morgan fingerprint density at radius 3 is 2.60 bits per heavy atom. The maximum Gasteiger partial charge on any atom is 0.215 e. The highest BCUT2D eigenvalue weighted by Gasteiger charge is 2.09. The van der Waals surface area contributed by atoms with E-state index in [4.69, 9.17) is 15.2 Å². The van der Waals surface area contributed by atoms with E-state index in [9.17, 15) is 0 Å². The molecule has 3 rings (SSSR count). The van der Waals surface area contributed by atoms with E-state index in [1.165, 1.54) is 0 Å². The largest absolute Gasteiger partial charge is 0.495 e.